The molecule has 172 valence electrons. The fourth-order valence-corrected chi connectivity index (χ4v) is 2.87. The zero-order chi connectivity index (χ0) is 24.1. The van der Waals surface area contributed by atoms with Crippen molar-refractivity contribution in [3.8, 4) is 0 Å². The lowest BCUT2D eigenvalue weighted by atomic mass is 10.2. The molecule has 0 bridgehead atoms. The first kappa shape index (κ1) is 23.3. The van der Waals surface area contributed by atoms with E-state index in [4.69, 9.17) is 16.1 Å². The minimum absolute atomic E-state index is 0.0113. The fourth-order valence-electron chi connectivity index (χ4n) is 2.61. The first-order chi connectivity index (χ1) is 15.7. The van der Waals surface area contributed by atoms with Crippen molar-refractivity contribution in [3.05, 3.63) is 72.5 Å². The number of carbonyl (C=O) groups is 2. The maximum atomic E-state index is 12.1. The van der Waals surface area contributed by atoms with E-state index < -0.39 is 21.7 Å². The van der Waals surface area contributed by atoms with Crippen molar-refractivity contribution in [3.63, 3.8) is 0 Å². The average Bonchev–Trinajstić information content (AvgIpc) is 3.38. The number of rotatable bonds is 9. The molecule has 0 aliphatic carbocycles. The van der Waals surface area contributed by atoms with Crippen LogP contribution in [0.5, 0.6) is 0 Å². The van der Waals surface area contributed by atoms with Crippen LogP contribution in [-0.4, -0.2) is 54.7 Å². The predicted molar refractivity (Wildman–Crippen MR) is 110 cm³/mol. The highest BCUT2D eigenvalue weighted by molar-refractivity contribution is 6.34. The van der Waals surface area contributed by atoms with Gasteiger partial charge in [-0.3, -0.25) is 19.7 Å². The third kappa shape index (κ3) is 5.65. The molecule has 16 heteroatoms. The number of hydrogen-bond donors (Lipinski definition) is 2. The normalized spacial score (nSPS) is 10.6. The van der Waals surface area contributed by atoms with Crippen LogP contribution >= 0.6 is 11.6 Å². The molecule has 33 heavy (non-hydrogen) atoms. The Bertz CT molecular complexity index is 1240. The van der Waals surface area contributed by atoms with Gasteiger partial charge in [-0.2, -0.15) is 9.67 Å². The molecule has 0 spiro atoms. The van der Waals surface area contributed by atoms with Gasteiger partial charge in [0, 0.05) is 25.2 Å². The second kappa shape index (κ2) is 9.82. The summed E-state index contributed by atoms with van der Waals surface area (Å²) in [6.07, 6.45) is 0. The Morgan fingerprint density at radius 3 is 2.42 bits per heavy atom. The summed E-state index contributed by atoms with van der Waals surface area (Å²) in [4.78, 5) is 48.4. The third-order valence-corrected chi connectivity index (χ3v) is 4.53. The van der Waals surface area contributed by atoms with Gasteiger partial charge in [0.1, 0.15) is 6.54 Å². The minimum atomic E-state index is -0.695. The summed E-state index contributed by atoms with van der Waals surface area (Å²) < 4.78 is 6.17. The van der Waals surface area contributed by atoms with Crippen molar-refractivity contribution in [2.24, 2.45) is 0 Å². The van der Waals surface area contributed by atoms with Gasteiger partial charge in [-0.25, -0.2) is 0 Å². The topological polar surface area (TPSA) is 201 Å². The lowest BCUT2D eigenvalue weighted by molar-refractivity contribution is -0.389. The van der Waals surface area contributed by atoms with Crippen LogP contribution in [0.4, 0.5) is 11.5 Å². The van der Waals surface area contributed by atoms with Crippen molar-refractivity contribution < 1.29 is 24.0 Å². The van der Waals surface area contributed by atoms with Crippen LogP contribution in [0.15, 0.2) is 28.8 Å². The summed E-state index contributed by atoms with van der Waals surface area (Å²) >= 11 is 5.90. The van der Waals surface area contributed by atoms with Crippen LogP contribution in [-0.2, 0) is 6.54 Å². The molecule has 2 aromatic heterocycles. The second-order valence-electron chi connectivity index (χ2n) is 6.51. The van der Waals surface area contributed by atoms with Gasteiger partial charge < -0.3 is 25.3 Å². The molecule has 1 aromatic carbocycles. The number of carbonyl (C=O) groups excluding carboxylic acids is 2. The molecule has 0 atom stereocenters. The number of nitrogens with one attached hydrogen (secondary N) is 2. The molecule has 0 unspecified atom stereocenters. The molecule has 0 aliphatic heterocycles. The van der Waals surface area contributed by atoms with Crippen molar-refractivity contribution >= 4 is 34.9 Å². The summed E-state index contributed by atoms with van der Waals surface area (Å²) in [5.41, 5.74) is 0.300. The first-order valence-corrected chi connectivity index (χ1v) is 9.55. The van der Waals surface area contributed by atoms with E-state index in [0.29, 0.717) is 5.69 Å². The highest BCUT2D eigenvalue weighted by Gasteiger charge is 2.20. The molecule has 2 amide bonds. The molecular formula is C17H15ClN8O7. The number of aryl methyl sites for hydroxylation is 1. The number of benzene rings is 1. The van der Waals surface area contributed by atoms with Crippen LogP contribution in [0.1, 0.15) is 32.6 Å². The highest BCUT2D eigenvalue weighted by Crippen LogP contribution is 2.22. The van der Waals surface area contributed by atoms with E-state index in [-0.39, 0.29) is 53.4 Å². The largest absolute Gasteiger partial charge is 0.390 e. The summed E-state index contributed by atoms with van der Waals surface area (Å²) in [7, 11) is 0. The van der Waals surface area contributed by atoms with E-state index in [1.54, 1.807) is 6.92 Å². The van der Waals surface area contributed by atoms with E-state index in [1.807, 2.05) is 0 Å². The Hall–Kier alpha value is -4.40. The highest BCUT2D eigenvalue weighted by atomic mass is 35.5. The van der Waals surface area contributed by atoms with Crippen LogP contribution in [0.2, 0.25) is 5.02 Å². The summed E-state index contributed by atoms with van der Waals surface area (Å²) in [6.45, 7) is 1.61. The molecule has 3 rings (SSSR count). The standard InChI is InChI=1S/C17H15ClN8O7/c1-9-6-14(26(31)32)22-24(9)8-13-21-17(33-23-13)16(28)20-5-4-19-15(27)11-3-2-10(25(29)30)7-12(11)18/h2-3,6-7H,4-5,8H2,1H3,(H,19,27)(H,20,28). The van der Waals surface area contributed by atoms with E-state index >= 15 is 0 Å². The Morgan fingerprint density at radius 2 is 1.82 bits per heavy atom. The molecule has 2 N–H and O–H groups in total. The van der Waals surface area contributed by atoms with E-state index in [9.17, 15) is 29.8 Å². The molecule has 3 aromatic rings. The van der Waals surface area contributed by atoms with Crippen molar-refractivity contribution in [1.29, 1.82) is 0 Å². The third-order valence-electron chi connectivity index (χ3n) is 4.21. The van der Waals surface area contributed by atoms with Crippen LogP contribution < -0.4 is 10.6 Å². The maximum Gasteiger partial charge on any atom is 0.390 e. The zero-order valence-electron chi connectivity index (χ0n) is 16.8. The van der Waals surface area contributed by atoms with Gasteiger partial charge in [0.25, 0.3) is 11.6 Å². The van der Waals surface area contributed by atoms with Gasteiger partial charge in [-0.05, 0) is 17.9 Å². The van der Waals surface area contributed by atoms with Crippen molar-refractivity contribution in [2.75, 3.05) is 13.1 Å². The first-order valence-electron chi connectivity index (χ1n) is 9.17. The molecule has 0 fully saturated rings. The van der Waals surface area contributed by atoms with Gasteiger partial charge in [0.15, 0.2) is 5.82 Å². The predicted octanol–water partition coefficient (Wildman–Crippen LogP) is 1.25. The molecule has 15 nitrogen and oxygen atoms in total. The number of aromatic nitrogens is 4. The Kier molecular flexibility index (Phi) is 6.92. The fraction of sp³-hybridized carbons (Fsp3) is 0.235. The van der Waals surface area contributed by atoms with Gasteiger partial charge in [0.2, 0.25) is 0 Å². The number of amides is 2. The van der Waals surface area contributed by atoms with E-state index in [2.05, 4.69) is 25.9 Å². The molecule has 0 saturated heterocycles. The van der Waals surface area contributed by atoms with Gasteiger partial charge in [-0.15, -0.1) is 0 Å². The maximum absolute atomic E-state index is 12.1. The minimum Gasteiger partial charge on any atom is -0.358 e. The Labute approximate surface area is 189 Å². The second-order valence-corrected chi connectivity index (χ2v) is 6.91. The van der Waals surface area contributed by atoms with Crippen LogP contribution in [0.3, 0.4) is 0 Å². The Morgan fingerprint density at radius 1 is 1.12 bits per heavy atom. The van der Waals surface area contributed by atoms with Crippen molar-refractivity contribution in [2.45, 2.75) is 13.5 Å². The number of nitrogens with zero attached hydrogens (tertiary/aromatic N) is 6. The van der Waals surface area contributed by atoms with Gasteiger partial charge in [0.05, 0.1) is 32.4 Å². The Balaban J connectivity index is 1.49. The molecule has 2 heterocycles. The number of non-ortho nitro benzene ring substituents is 1. The summed E-state index contributed by atoms with van der Waals surface area (Å²) in [5, 5.41) is 33.8. The van der Waals surface area contributed by atoms with E-state index in [1.165, 1.54) is 16.8 Å². The zero-order valence-corrected chi connectivity index (χ0v) is 17.6. The monoisotopic (exact) mass is 478 g/mol. The quantitative estimate of drug-likeness (QED) is 0.256. The number of nitro groups is 2. The summed E-state index contributed by atoms with van der Waals surface area (Å²) in [5.74, 6) is -1.85. The SMILES string of the molecule is Cc1cc([N+](=O)[O-])nn1Cc1noc(C(=O)NCCNC(=O)c2ccc([N+](=O)[O-])cc2Cl)n1. The molecule has 0 aliphatic rings. The lowest BCUT2D eigenvalue weighted by Gasteiger charge is -2.07. The number of halogens is 1. The van der Waals surface area contributed by atoms with Crippen molar-refractivity contribution in [1.82, 2.24) is 30.6 Å². The molecule has 0 saturated carbocycles. The lowest BCUT2D eigenvalue weighted by Crippen LogP contribution is -2.35. The van der Waals surface area contributed by atoms with Crippen LogP contribution in [0.25, 0.3) is 0 Å². The molecular weight excluding hydrogens is 464 g/mol. The van der Waals surface area contributed by atoms with Gasteiger partial charge >= 0.3 is 17.6 Å². The summed E-state index contributed by atoms with van der Waals surface area (Å²) in [6, 6.07) is 4.73. The van der Waals surface area contributed by atoms with Gasteiger partial charge in [-0.1, -0.05) is 16.8 Å². The van der Waals surface area contributed by atoms with E-state index in [0.717, 1.165) is 12.1 Å². The van der Waals surface area contributed by atoms with Crippen LogP contribution in [0, 0.1) is 27.2 Å². The molecule has 0 radical (unpaired) electrons. The average molecular weight is 479 g/mol. The number of nitro benzene ring substituents is 1. The smallest absolute Gasteiger partial charge is 0.358 e. The number of hydrogen-bond acceptors (Lipinski definition) is 10.